The van der Waals surface area contributed by atoms with Crippen molar-refractivity contribution >= 4 is 17.6 Å². The van der Waals surface area contributed by atoms with Crippen LogP contribution < -0.4 is 15.5 Å². The van der Waals surface area contributed by atoms with Crippen LogP contribution in [0, 0.1) is 0 Å². The topological polar surface area (TPSA) is 74.3 Å². The molecule has 0 spiro atoms. The van der Waals surface area contributed by atoms with Gasteiger partial charge in [0, 0.05) is 37.8 Å². The van der Waals surface area contributed by atoms with Crippen LogP contribution in [-0.4, -0.2) is 29.4 Å². The third-order valence-corrected chi connectivity index (χ3v) is 5.06. The summed E-state index contributed by atoms with van der Waals surface area (Å²) in [5.41, 5.74) is 3.71. The predicted molar refractivity (Wildman–Crippen MR) is 98.4 cm³/mol. The Hall–Kier alpha value is -2.89. The van der Waals surface area contributed by atoms with E-state index in [-0.39, 0.29) is 11.8 Å². The van der Waals surface area contributed by atoms with Gasteiger partial charge in [-0.1, -0.05) is 30.3 Å². The Balaban J connectivity index is 1.45. The predicted octanol–water partition coefficient (Wildman–Crippen LogP) is 1.54. The van der Waals surface area contributed by atoms with Crippen molar-refractivity contribution in [1.29, 1.82) is 0 Å². The second kappa shape index (κ2) is 7.15. The molecular formula is C20H22N4O2. The van der Waals surface area contributed by atoms with Gasteiger partial charge in [-0.3, -0.25) is 9.59 Å². The minimum absolute atomic E-state index is 0.0563. The van der Waals surface area contributed by atoms with Crippen molar-refractivity contribution in [1.82, 2.24) is 15.6 Å². The van der Waals surface area contributed by atoms with Crippen LogP contribution in [0.25, 0.3) is 0 Å². The van der Waals surface area contributed by atoms with E-state index in [0.717, 1.165) is 30.9 Å². The minimum atomic E-state index is -0.413. The normalized spacial score (nSPS) is 19.0. The van der Waals surface area contributed by atoms with Crippen molar-refractivity contribution < 1.29 is 9.59 Å². The molecule has 2 aromatic rings. The molecule has 3 heterocycles. The molecule has 26 heavy (non-hydrogen) atoms. The number of benzene rings is 1. The van der Waals surface area contributed by atoms with Crippen LogP contribution in [0.5, 0.6) is 0 Å². The molecule has 0 saturated carbocycles. The number of pyridine rings is 1. The number of fused-ring (bicyclic) bond motifs is 1. The molecular weight excluding hydrogens is 328 g/mol. The van der Waals surface area contributed by atoms with Gasteiger partial charge in [-0.2, -0.15) is 0 Å². The van der Waals surface area contributed by atoms with E-state index in [0.29, 0.717) is 19.4 Å². The molecule has 0 radical (unpaired) electrons. The summed E-state index contributed by atoms with van der Waals surface area (Å²) >= 11 is 0. The maximum atomic E-state index is 12.3. The number of hydrogen-bond donors (Lipinski definition) is 2. The zero-order chi connectivity index (χ0) is 17.9. The first-order valence-corrected chi connectivity index (χ1v) is 9.03. The number of rotatable bonds is 4. The third kappa shape index (κ3) is 3.40. The fraction of sp³-hybridized carbons (Fsp3) is 0.350. The minimum Gasteiger partial charge on any atom is -0.352 e. The van der Waals surface area contributed by atoms with E-state index < -0.39 is 6.04 Å². The summed E-state index contributed by atoms with van der Waals surface area (Å²) < 4.78 is 0. The van der Waals surface area contributed by atoms with Crippen LogP contribution >= 0.6 is 0 Å². The number of carbonyl (C=O) groups is 2. The summed E-state index contributed by atoms with van der Waals surface area (Å²) in [5, 5.41) is 5.64. The molecule has 1 aromatic carbocycles. The molecule has 2 aliphatic rings. The fourth-order valence-corrected chi connectivity index (χ4v) is 3.65. The second-order valence-electron chi connectivity index (χ2n) is 6.80. The Morgan fingerprint density at radius 3 is 2.85 bits per heavy atom. The number of hydrogen-bond acceptors (Lipinski definition) is 4. The lowest BCUT2D eigenvalue weighted by molar-refractivity contribution is -0.125. The summed E-state index contributed by atoms with van der Waals surface area (Å²) in [6.07, 6.45) is 3.77. The van der Waals surface area contributed by atoms with Gasteiger partial charge in [-0.15, -0.1) is 0 Å². The van der Waals surface area contributed by atoms with Crippen LogP contribution in [0.1, 0.15) is 29.5 Å². The summed E-state index contributed by atoms with van der Waals surface area (Å²) in [6, 6.07) is 12.0. The lowest BCUT2D eigenvalue weighted by atomic mass is 9.99. The van der Waals surface area contributed by atoms with Crippen LogP contribution in [0.4, 0.5) is 5.82 Å². The Morgan fingerprint density at radius 2 is 2.04 bits per heavy atom. The zero-order valence-corrected chi connectivity index (χ0v) is 14.6. The average molecular weight is 350 g/mol. The first-order valence-electron chi connectivity index (χ1n) is 9.03. The molecule has 134 valence electrons. The maximum Gasteiger partial charge on any atom is 0.242 e. The summed E-state index contributed by atoms with van der Waals surface area (Å²) in [4.78, 5) is 30.4. The number of aromatic nitrogens is 1. The van der Waals surface area contributed by atoms with E-state index in [1.165, 1.54) is 11.1 Å². The number of amides is 2. The van der Waals surface area contributed by atoms with Gasteiger partial charge in [0.1, 0.15) is 11.9 Å². The molecule has 1 fully saturated rings. The smallest absolute Gasteiger partial charge is 0.242 e. The molecule has 0 aliphatic carbocycles. The van der Waals surface area contributed by atoms with Gasteiger partial charge in [0.05, 0.1) is 0 Å². The highest BCUT2D eigenvalue weighted by molar-refractivity contribution is 5.90. The molecule has 0 unspecified atom stereocenters. The molecule has 4 rings (SSSR count). The van der Waals surface area contributed by atoms with Gasteiger partial charge < -0.3 is 15.5 Å². The van der Waals surface area contributed by atoms with Crippen LogP contribution in [0.15, 0.2) is 42.6 Å². The SMILES string of the molecule is O=C1CC[C@@H](C(=O)NCc2cccnc2N2CCc3ccccc3C2)N1. The van der Waals surface area contributed by atoms with Gasteiger partial charge in [0.25, 0.3) is 0 Å². The monoisotopic (exact) mass is 350 g/mol. The first kappa shape index (κ1) is 16.6. The second-order valence-corrected chi connectivity index (χ2v) is 6.80. The van der Waals surface area contributed by atoms with Gasteiger partial charge in [0.2, 0.25) is 11.8 Å². The van der Waals surface area contributed by atoms with Crippen molar-refractivity contribution in [3.8, 4) is 0 Å². The number of nitrogens with zero attached hydrogens (tertiary/aromatic N) is 2. The summed E-state index contributed by atoms with van der Waals surface area (Å²) in [5.74, 6) is 0.728. The summed E-state index contributed by atoms with van der Waals surface area (Å²) in [7, 11) is 0. The molecule has 1 saturated heterocycles. The lowest BCUT2D eigenvalue weighted by Crippen LogP contribution is -2.41. The first-order chi connectivity index (χ1) is 12.7. The molecule has 6 heteroatoms. The van der Waals surface area contributed by atoms with Gasteiger partial charge in [-0.25, -0.2) is 4.98 Å². The Morgan fingerprint density at radius 1 is 1.19 bits per heavy atom. The van der Waals surface area contributed by atoms with Crippen molar-refractivity contribution in [3.05, 3.63) is 59.3 Å². The van der Waals surface area contributed by atoms with Gasteiger partial charge >= 0.3 is 0 Å². The molecule has 2 amide bonds. The van der Waals surface area contributed by atoms with Crippen molar-refractivity contribution in [2.75, 3.05) is 11.4 Å². The largest absolute Gasteiger partial charge is 0.352 e. The molecule has 0 bridgehead atoms. The van der Waals surface area contributed by atoms with E-state index in [2.05, 4.69) is 44.8 Å². The van der Waals surface area contributed by atoms with Crippen molar-refractivity contribution in [3.63, 3.8) is 0 Å². The van der Waals surface area contributed by atoms with Crippen molar-refractivity contribution in [2.24, 2.45) is 0 Å². The number of anilines is 1. The zero-order valence-electron chi connectivity index (χ0n) is 14.6. The van der Waals surface area contributed by atoms with E-state index in [1.807, 2.05) is 12.1 Å². The van der Waals surface area contributed by atoms with E-state index in [4.69, 9.17) is 0 Å². The lowest BCUT2D eigenvalue weighted by Gasteiger charge is -2.31. The van der Waals surface area contributed by atoms with E-state index in [9.17, 15) is 9.59 Å². The highest BCUT2D eigenvalue weighted by Crippen LogP contribution is 2.25. The number of carbonyl (C=O) groups excluding carboxylic acids is 2. The molecule has 1 aromatic heterocycles. The van der Waals surface area contributed by atoms with Crippen molar-refractivity contribution in [2.45, 2.75) is 38.4 Å². The molecule has 1 atom stereocenters. The van der Waals surface area contributed by atoms with E-state index in [1.54, 1.807) is 6.20 Å². The van der Waals surface area contributed by atoms with Gasteiger partial charge in [0.15, 0.2) is 0 Å². The standard InChI is InChI=1S/C20H22N4O2/c25-18-8-7-17(23-18)20(26)22-12-15-6-3-10-21-19(15)24-11-9-14-4-1-2-5-16(14)13-24/h1-6,10,17H,7-9,11-13H2,(H,22,26)(H,23,25)/t17-/m0/s1. The Kier molecular flexibility index (Phi) is 4.56. The maximum absolute atomic E-state index is 12.3. The average Bonchev–Trinajstić information content (AvgIpc) is 3.12. The number of nitrogens with one attached hydrogen (secondary N) is 2. The summed E-state index contributed by atoms with van der Waals surface area (Å²) in [6.45, 7) is 2.15. The highest BCUT2D eigenvalue weighted by atomic mass is 16.2. The third-order valence-electron chi connectivity index (χ3n) is 5.06. The van der Waals surface area contributed by atoms with Crippen LogP contribution in [0.3, 0.4) is 0 Å². The van der Waals surface area contributed by atoms with E-state index >= 15 is 0 Å². The molecule has 2 aliphatic heterocycles. The Labute approximate surface area is 152 Å². The molecule has 6 nitrogen and oxygen atoms in total. The molecule has 2 N–H and O–H groups in total. The van der Waals surface area contributed by atoms with Gasteiger partial charge in [-0.05, 0) is 30.0 Å². The fourth-order valence-electron chi connectivity index (χ4n) is 3.65. The quantitative estimate of drug-likeness (QED) is 0.877. The highest BCUT2D eigenvalue weighted by Gasteiger charge is 2.27. The van der Waals surface area contributed by atoms with Crippen LogP contribution in [-0.2, 0) is 29.1 Å². The Bertz CT molecular complexity index is 836. The van der Waals surface area contributed by atoms with Crippen LogP contribution in [0.2, 0.25) is 0 Å².